The van der Waals surface area contributed by atoms with Crippen molar-refractivity contribution in [3.05, 3.63) is 71.0 Å². The molecule has 0 aliphatic rings. The molecule has 122 valence electrons. The molecule has 3 nitrogen and oxygen atoms in total. The minimum Gasteiger partial charge on any atom is -0.480 e. The van der Waals surface area contributed by atoms with Crippen LogP contribution in [0.4, 0.5) is 17.6 Å². The van der Waals surface area contributed by atoms with Gasteiger partial charge >= 0.3 is 12.1 Å². The lowest BCUT2D eigenvalue weighted by Gasteiger charge is -2.23. The van der Waals surface area contributed by atoms with Crippen molar-refractivity contribution in [2.45, 2.75) is 18.1 Å². The van der Waals surface area contributed by atoms with Crippen LogP contribution in [0.2, 0.25) is 0 Å². The van der Waals surface area contributed by atoms with Crippen LogP contribution in [0.5, 0.6) is 0 Å². The maximum absolute atomic E-state index is 13.0. The largest absolute Gasteiger partial charge is 0.480 e. The van der Waals surface area contributed by atoms with Gasteiger partial charge in [0.25, 0.3) is 0 Å². The zero-order chi connectivity index (χ0) is 17.2. The van der Waals surface area contributed by atoms with Gasteiger partial charge in [0.05, 0.1) is 5.56 Å². The summed E-state index contributed by atoms with van der Waals surface area (Å²) in [6.45, 7) is 0. The van der Waals surface area contributed by atoms with Crippen LogP contribution in [0.25, 0.3) is 0 Å². The quantitative estimate of drug-likeness (QED) is 0.846. The molecule has 0 saturated carbocycles. The Kier molecular flexibility index (Phi) is 4.70. The molecule has 0 radical (unpaired) electrons. The number of alkyl halides is 3. The van der Waals surface area contributed by atoms with E-state index in [0.717, 1.165) is 24.3 Å². The van der Waals surface area contributed by atoms with Gasteiger partial charge in [0.2, 0.25) is 0 Å². The Morgan fingerprint density at radius 1 is 1.04 bits per heavy atom. The van der Waals surface area contributed by atoms with E-state index in [1.165, 1.54) is 24.3 Å². The number of nitrogens with two attached hydrogens (primary N) is 1. The smallest absolute Gasteiger partial charge is 0.416 e. The predicted octanol–water partition coefficient (Wildman–Crippen LogP) is 3.39. The van der Waals surface area contributed by atoms with Gasteiger partial charge in [0, 0.05) is 5.92 Å². The standard InChI is InChI=1S/C16H13F4NO2/c17-12-6-4-9(5-7-12)13(14(21)15(22)23)10-2-1-3-11(8-10)16(18,19)20/h1-8,13-14H,21H2,(H,22,23)/t13-,14-/m0/s1. The van der Waals surface area contributed by atoms with Gasteiger partial charge in [-0.05, 0) is 29.3 Å². The van der Waals surface area contributed by atoms with Gasteiger partial charge in [0.1, 0.15) is 11.9 Å². The van der Waals surface area contributed by atoms with Crippen LogP contribution in [-0.4, -0.2) is 17.1 Å². The predicted molar refractivity (Wildman–Crippen MR) is 75.3 cm³/mol. The highest BCUT2D eigenvalue weighted by Crippen LogP contribution is 2.34. The SMILES string of the molecule is N[C@H](C(=O)O)[C@@H](c1ccc(F)cc1)c1cccc(C(F)(F)F)c1. The Morgan fingerprint density at radius 2 is 1.65 bits per heavy atom. The summed E-state index contributed by atoms with van der Waals surface area (Å²) in [5.74, 6) is -2.94. The molecular formula is C16H13F4NO2. The first-order valence-corrected chi connectivity index (χ1v) is 6.61. The van der Waals surface area contributed by atoms with Crippen LogP contribution >= 0.6 is 0 Å². The average Bonchev–Trinajstić information content (AvgIpc) is 2.49. The van der Waals surface area contributed by atoms with Gasteiger partial charge in [-0.1, -0.05) is 30.3 Å². The Labute approximate surface area is 129 Å². The number of carbonyl (C=O) groups is 1. The van der Waals surface area contributed by atoms with E-state index in [9.17, 15) is 22.4 Å². The summed E-state index contributed by atoms with van der Waals surface area (Å²) >= 11 is 0. The fourth-order valence-corrected chi connectivity index (χ4v) is 2.33. The molecular weight excluding hydrogens is 314 g/mol. The Morgan fingerprint density at radius 3 is 2.17 bits per heavy atom. The lowest BCUT2D eigenvalue weighted by Crippen LogP contribution is -2.37. The molecule has 0 unspecified atom stereocenters. The van der Waals surface area contributed by atoms with E-state index >= 15 is 0 Å². The molecule has 0 aliphatic heterocycles. The van der Waals surface area contributed by atoms with E-state index in [1.807, 2.05) is 0 Å². The molecule has 0 spiro atoms. The molecule has 7 heteroatoms. The van der Waals surface area contributed by atoms with E-state index in [2.05, 4.69) is 0 Å². The minimum atomic E-state index is -4.56. The lowest BCUT2D eigenvalue weighted by molar-refractivity contribution is -0.138. The van der Waals surface area contributed by atoms with E-state index in [0.29, 0.717) is 5.56 Å². The highest BCUT2D eigenvalue weighted by Gasteiger charge is 2.33. The molecule has 2 atom stereocenters. The minimum absolute atomic E-state index is 0.0985. The number of hydrogen-bond donors (Lipinski definition) is 2. The molecule has 0 heterocycles. The molecule has 0 bridgehead atoms. The Hall–Kier alpha value is -2.41. The van der Waals surface area contributed by atoms with Crippen molar-refractivity contribution in [2.24, 2.45) is 5.73 Å². The van der Waals surface area contributed by atoms with Gasteiger partial charge < -0.3 is 10.8 Å². The van der Waals surface area contributed by atoms with Crippen molar-refractivity contribution in [3.8, 4) is 0 Å². The second kappa shape index (κ2) is 6.37. The number of aliphatic carboxylic acids is 1. The average molecular weight is 327 g/mol. The van der Waals surface area contributed by atoms with Gasteiger partial charge in [-0.2, -0.15) is 13.2 Å². The molecule has 2 aromatic rings. The molecule has 0 aromatic heterocycles. The number of carboxylic acid groups (broad SMARTS) is 1. The van der Waals surface area contributed by atoms with Gasteiger partial charge in [-0.25, -0.2) is 4.39 Å². The number of rotatable bonds is 4. The first-order chi connectivity index (χ1) is 10.7. The first kappa shape index (κ1) is 17.0. The van der Waals surface area contributed by atoms with Gasteiger partial charge in [0.15, 0.2) is 0 Å². The Balaban J connectivity index is 2.54. The second-order valence-electron chi connectivity index (χ2n) is 5.02. The van der Waals surface area contributed by atoms with E-state index in [4.69, 9.17) is 10.8 Å². The van der Waals surface area contributed by atoms with Crippen LogP contribution in [0.1, 0.15) is 22.6 Å². The molecule has 0 aliphatic carbocycles. The van der Waals surface area contributed by atoms with Crippen LogP contribution < -0.4 is 5.73 Å². The van der Waals surface area contributed by atoms with Crippen molar-refractivity contribution in [1.29, 1.82) is 0 Å². The third kappa shape index (κ3) is 3.87. The van der Waals surface area contributed by atoms with Crippen LogP contribution in [0.15, 0.2) is 48.5 Å². The van der Waals surface area contributed by atoms with Gasteiger partial charge in [-0.15, -0.1) is 0 Å². The molecule has 0 saturated heterocycles. The highest BCUT2D eigenvalue weighted by atomic mass is 19.4. The van der Waals surface area contributed by atoms with Crippen LogP contribution in [0.3, 0.4) is 0 Å². The number of benzene rings is 2. The summed E-state index contributed by atoms with van der Waals surface area (Å²) < 4.78 is 51.6. The molecule has 2 rings (SSSR count). The Bertz CT molecular complexity index is 698. The maximum atomic E-state index is 13.0. The molecule has 0 amide bonds. The number of halogens is 4. The van der Waals surface area contributed by atoms with Crippen molar-refractivity contribution < 1.29 is 27.5 Å². The van der Waals surface area contributed by atoms with E-state index < -0.39 is 35.5 Å². The van der Waals surface area contributed by atoms with Crippen molar-refractivity contribution >= 4 is 5.97 Å². The first-order valence-electron chi connectivity index (χ1n) is 6.61. The fourth-order valence-electron chi connectivity index (χ4n) is 2.33. The highest BCUT2D eigenvalue weighted by molar-refractivity contribution is 5.75. The molecule has 2 aromatic carbocycles. The third-order valence-electron chi connectivity index (χ3n) is 3.45. The normalized spacial score (nSPS) is 14.3. The molecule has 3 N–H and O–H groups in total. The summed E-state index contributed by atoms with van der Waals surface area (Å²) in [5, 5.41) is 9.14. The zero-order valence-electron chi connectivity index (χ0n) is 11.7. The number of carboxylic acids is 1. The number of hydrogen-bond acceptors (Lipinski definition) is 2. The van der Waals surface area contributed by atoms with E-state index in [-0.39, 0.29) is 5.56 Å². The topological polar surface area (TPSA) is 63.3 Å². The zero-order valence-corrected chi connectivity index (χ0v) is 11.7. The lowest BCUT2D eigenvalue weighted by atomic mass is 9.84. The van der Waals surface area contributed by atoms with Crippen LogP contribution in [-0.2, 0) is 11.0 Å². The fraction of sp³-hybridized carbons (Fsp3) is 0.188. The summed E-state index contributed by atoms with van der Waals surface area (Å²) in [6.07, 6.45) is -4.56. The van der Waals surface area contributed by atoms with Crippen molar-refractivity contribution in [1.82, 2.24) is 0 Å². The van der Waals surface area contributed by atoms with Crippen molar-refractivity contribution in [2.75, 3.05) is 0 Å². The molecule has 23 heavy (non-hydrogen) atoms. The summed E-state index contributed by atoms with van der Waals surface area (Å²) in [5.41, 5.74) is 5.16. The monoisotopic (exact) mass is 327 g/mol. The van der Waals surface area contributed by atoms with E-state index in [1.54, 1.807) is 0 Å². The summed E-state index contributed by atoms with van der Waals surface area (Å²) in [4.78, 5) is 11.2. The second-order valence-corrected chi connectivity index (χ2v) is 5.02. The van der Waals surface area contributed by atoms with Crippen LogP contribution in [0, 0.1) is 5.82 Å². The third-order valence-corrected chi connectivity index (χ3v) is 3.45. The van der Waals surface area contributed by atoms with Gasteiger partial charge in [-0.3, -0.25) is 4.79 Å². The maximum Gasteiger partial charge on any atom is 0.416 e. The summed E-state index contributed by atoms with van der Waals surface area (Å²) in [6, 6.07) is 7.65. The summed E-state index contributed by atoms with van der Waals surface area (Å²) in [7, 11) is 0. The van der Waals surface area contributed by atoms with Crippen molar-refractivity contribution in [3.63, 3.8) is 0 Å². The molecule has 0 fully saturated rings.